The topological polar surface area (TPSA) is 54.3 Å². The van der Waals surface area contributed by atoms with E-state index in [0.717, 1.165) is 50.8 Å². The normalized spacial score (nSPS) is 18.6. The molecule has 25 heavy (non-hydrogen) atoms. The molecule has 2 fully saturated rings. The van der Waals surface area contributed by atoms with Crippen molar-refractivity contribution in [3.63, 3.8) is 0 Å². The van der Waals surface area contributed by atoms with Crippen molar-refractivity contribution in [2.45, 2.75) is 25.2 Å². The lowest BCUT2D eigenvalue weighted by molar-refractivity contribution is -0.129. The van der Waals surface area contributed by atoms with Gasteiger partial charge in [0, 0.05) is 40.2 Å². The Hall–Kier alpha value is -2.08. The van der Waals surface area contributed by atoms with Crippen LogP contribution in [0.3, 0.4) is 0 Å². The van der Waals surface area contributed by atoms with Gasteiger partial charge in [-0.15, -0.1) is 22.6 Å². The molecule has 7 heteroatoms. The van der Waals surface area contributed by atoms with Crippen molar-refractivity contribution in [1.29, 1.82) is 0 Å². The van der Waals surface area contributed by atoms with Crippen LogP contribution >= 0.6 is 12.4 Å². The first-order valence-corrected chi connectivity index (χ1v) is 8.58. The van der Waals surface area contributed by atoms with Gasteiger partial charge in [0.25, 0.3) is 0 Å². The second-order valence-electron chi connectivity index (χ2n) is 6.82. The quantitative estimate of drug-likeness (QED) is 0.839. The van der Waals surface area contributed by atoms with E-state index in [1.807, 2.05) is 4.90 Å². The number of aromatic nitrogens is 3. The molecule has 1 aromatic heterocycles. The number of nitrogens with zero attached hydrogens (tertiary/aromatic N) is 5. The van der Waals surface area contributed by atoms with E-state index in [0.29, 0.717) is 0 Å². The monoisotopic (exact) mass is 361 g/mol. The Morgan fingerprint density at radius 3 is 2.24 bits per heavy atom. The predicted octanol–water partition coefficient (Wildman–Crippen LogP) is 1.99. The van der Waals surface area contributed by atoms with E-state index >= 15 is 0 Å². The van der Waals surface area contributed by atoms with Crippen LogP contribution in [0.1, 0.15) is 31.2 Å². The Labute approximate surface area is 154 Å². The van der Waals surface area contributed by atoms with E-state index in [2.05, 4.69) is 57.0 Å². The molecular formula is C18H24ClN5O. The molecule has 2 aliphatic rings. The number of piperazine rings is 1. The fraction of sp³-hybridized carbons (Fsp3) is 0.500. The fourth-order valence-corrected chi connectivity index (χ4v) is 3.76. The Bertz CT molecular complexity index is 748. The molecule has 0 unspecified atom stereocenters. The van der Waals surface area contributed by atoms with Crippen LogP contribution in [-0.4, -0.2) is 51.8 Å². The molecule has 0 spiro atoms. The summed E-state index contributed by atoms with van der Waals surface area (Å²) in [4.78, 5) is 15.6. The third-order valence-electron chi connectivity index (χ3n) is 5.36. The molecule has 1 saturated heterocycles. The zero-order valence-corrected chi connectivity index (χ0v) is 15.5. The lowest BCUT2D eigenvalue weighted by Crippen LogP contribution is -2.48. The molecule has 1 aliphatic carbocycles. The van der Waals surface area contributed by atoms with Gasteiger partial charge in [-0.2, -0.15) is 0 Å². The highest BCUT2D eigenvalue weighted by Crippen LogP contribution is 2.52. The first-order chi connectivity index (χ1) is 11.6. The summed E-state index contributed by atoms with van der Waals surface area (Å²) in [5.41, 5.74) is 1.36. The maximum Gasteiger partial charge on any atom is 0.227 e. The Balaban J connectivity index is 0.00000182. The number of anilines is 1. The van der Waals surface area contributed by atoms with Crippen LogP contribution in [0.25, 0.3) is 0 Å². The highest BCUT2D eigenvalue weighted by atomic mass is 35.5. The lowest BCUT2D eigenvalue weighted by Gasteiger charge is -2.34. The Morgan fingerprint density at radius 1 is 1.04 bits per heavy atom. The summed E-state index contributed by atoms with van der Waals surface area (Å²) in [5, 5.41) is 9.02. The summed E-state index contributed by atoms with van der Waals surface area (Å²) in [7, 11) is 2.06. The molecule has 1 amide bonds. The van der Waals surface area contributed by atoms with Crippen molar-refractivity contribution in [2.75, 3.05) is 31.1 Å². The molecule has 0 radical (unpaired) electrons. The molecule has 134 valence electrons. The first kappa shape index (κ1) is 17.7. The van der Waals surface area contributed by atoms with Crippen molar-refractivity contribution < 1.29 is 4.79 Å². The van der Waals surface area contributed by atoms with Gasteiger partial charge in [0.1, 0.15) is 5.82 Å². The number of carbonyl (C=O) groups is 1. The van der Waals surface area contributed by atoms with E-state index in [1.165, 1.54) is 5.56 Å². The Morgan fingerprint density at radius 2 is 1.68 bits per heavy atom. The summed E-state index contributed by atoms with van der Waals surface area (Å²) in [6, 6.07) is 10.6. The third kappa shape index (κ3) is 2.99. The fourth-order valence-electron chi connectivity index (χ4n) is 3.76. The van der Waals surface area contributed by atoms with Gasteiger partial charge in [0.05, 0.1) is 5.41 Å². The summed E-state index contributed by atoms with van der Waals surface area (Å²) < 4.78 is 2.14. The minimum Gasteiger partial charge on any atom is -0.339 e. The van der Waals surface area contributed by atoms with Gasteiger partial charge in [-0.25, -0.2) is 0 Å². The number of benzene rings is 1. The maximum atomic E-state index is 11.5. The van der Waals surface area contributed by atoms with Crippen LogP contribution < -0.4 is 4.90 Å². The predicted molar refractivity (Wildman–Crippen MR) is 99.2 cm³/mol. The molecular weight excluding hydrogens is 338 g/mol. The molecule has 0 N–H and O–H groups in total. The van der Waals surface area contributed by atoms with Crippen LogP contribution in [0.15, 0.2) is 30.3 Å². The van der Waals surface area contributed by atoms with Crippen LogP contribution in [0.5, 0.6) is 0 Å². The molecule has 4 rings (SSSR count). The van der Waals surface area contributed by atoms with Crippen molar-refractivity contribution in [2.24, 2.45) is 7.05 Å². The minimum atomic E-state index is 0. The summed E-state index contributed by atoms with van der Waals surface area (Å²) >= 11 is 0. The van der Waals surface area contributed by atoms with E-state index < -0.39 is 0 Å². The van der Waals surface area contributed by atoms with Gasteiger partial charge in [-0.1, -0.05) is 30.3 Å². The number of halogens is 1. The van der Waals surface area contributed by atoms with Gasteiger partial charge < -0.3 is 9.80 Å². The molecule has 0 atom stereocenters. The zero-order valence-electron chi connectivity index (χ0n) is 14.7. The van der Waals surface area contributed by atoms with Crippen molar-refractivity contribution in [3.8, 4) is 0 Å². The van der Waals surface area contributed by atoms with Crippen molar-refractivity contribution in [3.05, 3.63) is 41.7 Å². The summed E-state index contributed by atoms with van der Waals surface area (Å²) in [6.45, 7) is 4.75. The maximum absolute atomic E-state index is 11.5. The molecule has 1 aliphatic heterocycles. The largest absolute Gasteiger partial charge is 0.339 e. The third-order valence-corrected chi connectivity index (χ3v) is 5.36. The van der Waals surface area contributed by atoms with Crippen LogP contribution in [0.4, 0.5) is 5.95 Å². The van der Waals surface area contributed by atoms with Gasteiger partial charge in [0.15, 0.2) is 0 Å². The van der Waals surface area contributed by atoms with E-state index in [9.17, 15) is 4.79 Å². The number of hydrogen-bond donors (Lipinski definition) is 0. The summed E-state index contributed by atoms with van der Waals surface area (Å²) in [5.74, 6) is 2.11. The van der Waals surface area contributed by atoms with Gasteiger partial charge in [-0.3, -0.25) is 9.36 Å². The van der Waals surface area contributed by atoms with Crippen molar-refractivity contribution in [1.82, 2.24) is 19.7 Å². The molecule has 1 aromatic carbocycles. The lowest BCUT2D eigenvalue weighted by atomic mass is 9.95. The average Bonchev–Trinajstić information content (AvgIpc) is 3.33. The number of carbonyl (C=O) groups excluding carboxylic acids is 1. The number of hydrogen-bond acceptors (Lipinski definition) is 4. The van der Waals surface area contributed by atoms with Gasteiger partial charge in [0.2, 0.25) is 11.9 Å². The molecule has 6 nitrogen and oxygen atoms in total. The zero-order chi connectivity index (χ0) is 16.7. The Kier molecular flexibility index (Phi) is 4.73. The number of rotatable bonds is 3. The SMILES string of the molecule is CC(=O)N1CCN(c2nnc(C3(c4ccccc4)CC3)n2C)CC1.Cl. The van der Waals surface area contributed by atoms with Gasteiger partial charge in [-0.05, 0) is 18.4 Å². The first-order valence-electron chi connectivity index (χ1n) is 8.58. The van der Waals surface area contributed by atoms with Crippen LogP contribution in [0, 0.1) is 0 Å². The second kappa shape index (κ2) is 6.67. The second-order valence-corrected chi connectivity index (χ2v) is 6.82. The van der Waals surface area contributed by atoms with Crippen LogP contribution in [-0.2, 0) is 17.3 Å². The molecule has 1 saturated carbocycles. The number of amides is 1. The summed E-state index contributed by atoms with van der Waals surface area (Å²) in [6.07, 6.45) is 2.25. The van der Waals surface area contributed by atoms with E-state index in [-0.39, 0.29) is 23.7 Å². The molecule has 0 bridgehead atoms. The van der Waals surface area contributed by atoms with E-state index in [1.54, 1.807) is 6.92 Å². The van der Waals surface area contributed by atoms with Crippen molar-refractivity contribution >= 4 is 24.3 Å². The van der Waals surface area contributed by atoms with Crippen LogP contribution in [0.2, 0.25) is 0 Å². The highest BCUT2D eigenvalue weighted by Gasteiger charge is 2.50. The van der Waals surface area contributed by atoms with E-state index in [4.69, 9.17) is 0 Å². The van der Waals surface area contributed by atoms with Gasteiger partial charge >= 0.3 is 0 Å². The highest BCUT2D eigenvalue weighted by molar-refractivity contribution is 5.85. The smallest absolute Gasteiger partial charge is 0.227 e. The standard InChI is InChI=1S/C18H23N5O.ClH/c1-14(24)22-10-12-23(13-11-22)17-20-19-16(21(17)2)18(8-9-18)15-6-4-3-5-7-15;/h3-7H,8-13H2,1-2H3;1H. The molecule has 2 aromatic rings. The minimum absolute atomic E-state index is 0. The molecule has 2 heterocycles. The average molecular weight is 362 g/mol.